The molecule has 0 heterocycles. The van der Waals surface area contributed by atoms with Crippen LogP contribution in [0.5, 0.6) is 0 Å². The van der Waals surface area contributed by atoms with Crippen molar-refractivity contribution in [1.82, 2.24) is 10.2 Å². The first kappa shape index (κ1) is 14.5. The monoisotopic (exact) mass is 228 g/mol. The zero-order valence-electron chi connectivity index (χ0n) is 10.1. The van der Waals surface area contributed by atoms with Gasteiger partial charge in [0.15, 0.2) is 0 Å². The van der Waals surface area contributed by atoms with Crippen molar-refractivity contribution in [2.45, 2.75) is 32.2 Å². The zero-order valence-corrected chi connectivity index (χ0v) is 10.1. The number of hydrogen-bond acceptors (Lipinski definition) is 2. The summed E-state index contributed by atoms with van der Waals surface area (Å²) in [6, 6.07) is -0.397. The average Bonchev–Trinajstić information content (AvgIpc) is 2.25. The van der Waals surface area contributed by atoms with E-state index in [0.717, 1.165) is 0 Å². The fourth-order valence-corrected chi connectivity index (χ4v) is 1.36. The average molecular weight is 228 g/mol. The number of rotatable bonds is 6. The summed E-state index contributed by atoms with van der Waals surface area (Å²) in [6.07, 6.45) is 2.29. The van der Waals surface area contributed by atoms with Crippen molar-refractivity contribution in [3.8, 4) is 0 Å². The molecule has 5 heteroatoms. The van der Waals surface area contributed by atoms with E-state index >= 15 is 0 Å². The molecule has 0 rings (SSSR count). The first-order chi connectivity index (χ1) is 7.43. The van der Waals surface area contributed by atoms with Crippen molar-refractivity contribution in [2.75, 3.05) is 13.6 Å². The third-order valence-corrected chi connectivity index (χ3v) is 2.71. The molecule has 0 spiro atoms. The van der Waals surface area contributed by atoms with Crippen LogP contribution < -0.4 is 5.32 Å². The number of aliphatic carboxylic acids is 1. The SMILES string of the molecule is C=CCN(C)C(=O)NC(CC)(CC)C(=O)O. The van der Waals surface area contributed by atoms with Crippen LogP contribution in [-0.2, 0) is 4.79 Å². The Kier molecular flexibility index (Phi) is 5.56. The lowest BCUT2D eigenvalue weighted by Gasteiger charge is -2.30. The molecule has 0 aliphatic rings. The molecule has 0 bridgehead atoms. The van der Waals surface area contributed by atoms with Gasteiger partial charge in [-0.3, -0.25) is 0 Å². The molecule has 2 amide bonds. The van der Waals surface area contributed by atoms with Gasteiger partial charge >= 0.3 is 12.0 Å². The van der Waals surface area contributed by atoms with Gasteiger partial charge in [-0.05, 0) is 12.8 Å². The standard InChI is InChI=1S/C11H20N2O3/c1-5-8-13(4)10(16)12-11(6-2,7-3)9(14)15/h5H,1,6-8H2,2-4H3,(H,12,16)(H,14,15). The lowest BCUT2D eigenvalue weighted by molar-refractivity contribution is -0.144. The Labute approximate surface area is 96.1 Å². The minimum absolute atomic E-state index is 0.354. The number of carboxylic acid groups (broad SMARTS) is 1. The predicted molar refractivity (Wildman–Crippen MR) is 62.3 cm³/mol. The van der Waals surface area contributed by atoms with E-state index in [1.165, 1.54) is 4.90 Å². The highest BCUT2D eigenvalue weighted by Crippen LogP contribution is 2.15. The number of carbonyl (C=O) groups is 2. The van der Waals surface area contributed by atoms with Gasteiger partial charge in [0.05, 0.1) is 0 Å². The van der Waals surface area contributed by atoms with Gasteiger partial charge in [0.2, 0.25) is 0 Å². The van der Waals surface area contributed by atoms with E-state index in [0.29, 0.717) is 19.4 Å². The topological polar surface area (TPSA) is 69.6 Å². The van der Waals surface area contributed by atoms with Crippen molar-refractivity contribution in [3.63, 3.8) is 0 Å². The number of nitrogens with zero attached hydrogens (tertiary/aromatic N) is 1. The Balaban J connectivity index is 4.70. The van der Waals surface area contributed by atoms with Gasteiger partial charge in [0, 0.05) is 13.6 Å². The van der Waals surface area contributed by atoms with Crippen LogP contribution in [0.25, 0.3) is 0 Å². The van der Waals surface area contributed by atoms with Gasteiger partial charge in [0.25, 0.3) is 0 Å². The molecule has 0 aromatic heterocycles. The Hall–Kier alpha value is -1.52. The van der Waals surface area contributed by atoms with Gasteiger partial charge in [-0.15, -0.1) is 6.58 Å². The van der Waals surface area contributed by atoms with Crippen LogP contribution >= 0.6 is 0 Å². The molecule has 0 saturated heterocycles. The molecule has 0 aromatic rings. The maximum Gasteiger partial charge on any atom is 0.329 e. The molecule has 0 saturated carbocycles. The van der Waals surface area contributed by atoms with E-state index in [9.17, 15) is 9.59 Å². The number of hydrogen-bond donors (Lipinski definition) is 2. The van der Waals surface area contributed by atoms with Crippen molar-refractivity contribution >= 4 is 12.0 Å². The number of carboxylic acids is 1. The highest BCUT2D eigenvalue weighted by Gasteiger charge is 2.36. The van der Waals surface area contributed by atoms with Crippen molar-refractivity contribution in [1.29, 1.82) is 0 Å². The molecular formula is C11H20N2O3. The molecular weight excluding hydrogens is 208 g/mol. The first-order valence-electron chi connectivity index (χ1n) is 5.31. The maximum absolute atomic E-state index is 11.7. The summed E-state index contributed by atoms with van der Waals surface area (Å²) in [4.78, 5) is 24.2. The van der Waals surface area contributed by atoms with Crippen LogP contribution in [0.4, 0.5) is 4.79 Å². The summed E-state index contributed by atoms with van der Waals surface area (Å²) >= 11 is 0. The highest BCUT2D eigenvalue weighted by atomic mass is 16.4. The molecule has 0 radical (unpaired) electrons. The summed E-state index contributed by atoms with van der Waals surface area (Å²) in [5, 5.41) is 11.7. The van der Waals surface area contributed by atoms with Gasteiger partial charge in [-0.1, -0.05) is 19.9 Å². The third-order valence-electron chi connectivity index (χ3n) is 2.71. The molecule has 2 N–H and O–H groups in total. The number of urea groups is 1. The molecule has 92 valence electrons. The van der Waals surface area contributed by atoms with E-state index in [4.69, 9.17) is 5.11 Å². The summed E-state index contributed by atoms with van der Waals surface area (Å²) in [5.74, 6) is -1.00. The lowest BCUT2D eigenvalue weighted by Crippen LogP contribution is -2.56. The lowest BCUT2D eigenvalue weighted by atomic mass is 9.93. The Morgan fingerprint density at radius 3 is 2.25 bits per heavy atom. The molecule has 0 aliphatic carbocycles. The van der Waals surface area contributed by atoms with Crippen LogP contribution in [0.2, 0.25) is 0 Å². The minimum atomic E-state index is -1.17. The van der Waals surface area contributed by atoms with Crippen LogP contribution in [0.1, 0.15) is 26.7 Å². The fourth-order valence-electron chi connectivity index (χ4n) is 1.36. The predicted octanol–water partition coefficient (Wildman–Crippen LogP) is 1.46. The molecule has 0 atom stereocenters. The molecule has 0 unspecified atom stereocenters. The van der Waals surface area contributed by atoms with Crippen molar-refractivity contribution < 1.29 is 14.7 Å². The fraction of sp³-hybridized carbons (Fsp3) is 0.636. The number of carbonyl (C=O) groups excluding carboxylic acids is 1. The Bertz CT molecular complexity index is 272. The van der Waals surface area contributed by atoms with Crippen LogP contribution in [-0.4, -0.2) is 41.1 Å². The van der Waals surface area contributed by atoms with E-state index in [-0.39, 0.29) is 0 Å². The normalized spacial score (nSPS) is 10.7. The summed E-state index contributed by atoms with van der Waals surface area (Å²) in [7, 11) is 1.59. The van der Waals surface area contributed by atoms with Crippen LogP contribution in [0, 0.1) is 0 Å². The zero-order chi connectivity index (χ0) is 12.8. The second-order valence-corrected chi connectivity index (χ2v) is 3.69. The summed E-state index contributed by atoms with van der Waals surface area (Å²) in [5.41, 5.74) is -1.17. The minimum Gasteiger partial charge on any atom is -0.480 e. The molecule has 5 nitrogen and oxygen atoms in total. The number of amides is 2. The Morgan fingerprint density at radius 2 is 1.94 bits per heavy atom. The molecule has 0 aliphatic heterocycles. The van der Waals surface area contributed by atoms with E-state index in [1.54, 1.807) is 27.0 Å². The smallest absolute Gasteiger partial charge is 0.329 e. The second kappa shape index (κ2) is 6.15. The highest BCUT2D eigenvalue weighted by molar-refractivity contribution is 5.86. The molecule has 0 fully saturated rings. The number of likely N-dealkylation sites (N-methyl/N-ethyl adjacent to an activating group) is 1. The second-order valence-electron chi connectivity index (χ2n) is 3.69. The molecule has 16 heavy (non-hydrogen) atoms. The van der Waals surface area contributed by atoms with E-state index in [1.807, 2.05) is 0 Å². The maximum atomic E-state index is 11.7. The quantitative estimate of drug-likeness (QED) is 0.676. The van der Waals surface area contributed by atoms with E-state index in [2.05, 4.69) is 11.9 Å². The third kappa shape index (κ3) is 3.25. The van der Waals surface area contributed by atoms with Crippen molar-refractivity contribution in [3.05, 3.63) is 12.7 Å². The molecule has 0 aromatic carbocycles. The number of nitrogens with one attached hydrogen (secondary N) is 1. The van der Waals surface area contributed by atoms with Crippen LogP contribution in [0.15, 0.2) is 12.7 Å². The van der Waals surface area contributed by atoms with Gasteiger partial charge < -0.3 is 15.3 Å². The van der Waals surface area contributed by atoms with Gasteiger partial charge in [-0.25, -0.2) is 9.59 Å². The largest absolute Gasteiger partial charge is 0.480 e. The first-order valence-corrected chi connectivity index (χ1v) is 5.31. The van der Waals surface area contributed by atoms with Crippen molar-refractivity contribution in [2.24, 2.45) is 0 Å². The van der Waals surface area contributed by atoms with E-state index < -0.39 is 17.5 Å². The Morgan fingerprint density at radius 1 is 1.44 bits per heavy atom. The summed E-state index contributed by atoms with van der Waals surface area (Å²) in [6.45, 7) is 7.38. The van der Waals surface area contributed by atoms with Gasteiger partial charge in [0.1, 0.15) is 5.54 Å². The van der Waals surface area contributed by atoms with Crippen LogP contribution in [0.3, 0.4) is 0 Å². The summed E-state index contributed by atoms with van der Waals surface area (Å²) < 4.78 is 0. The van der Waals surface area contributed by atoms with Gasteiger partial charge in [-0.2, -0.15) is 0 Å².